The van der Waals surface area contributed by atoms with Crippen LogP contribution in [-0.2, 0) is 10.0 Å². The van der Waals surface area contributed by atoms with Gasteiger partial charge in [-0.15, -0.1) is 0 Å². The van der Waals surface area contributed by atoms with Crippen LogP contribution in [0.1, 0.15) is 27.7 Å². The Labute approximate surface area is 85.0 Å². The minimum atomic E-state index is -3.34. The molecule has 0 unspecified atom stereocenters. The number of hydrogen-bond donors (Lipinski definition) is 0. The Kier molecular flexibility index (Phi) is 2.71. The van der Waals surface area contributed by atoms with Gasteiger partial charge in [0, 0.05) is 12.4 Å². The normalized spacial score (nSPS) is 13.5. The van der Waals surface area contributed by atoms with Gasteiger partial charge < -0.3 is 0 Å². The summed E-state index contributed by atoms with van der Waals surface area (Å²) in [7, 11) is -3.34. The molecule has 1 aromatic heterocycles. The Hall–Kier alpha value is -0.840. The summed E-state index contributed by atoms with van der Waals surface area (Å²) in [4.78, 5) is 3.75. The van der Waals surface area contributed by atoms with Crippen molar-refractivity contribution in [3.63, 3.8) is 0 Å². The molecule has 0 aliphatic rings. The van der Waals surface area contributed by atoms with Crippen LogP contribution in [0, 0.1) is 5.92 Å². The first kappa shape index (κ1) is 11.2. The van der Waals surface area contributed by atoms with Crippen LogP contribution in [0.5, 0.6) is 0 Å². The van der Waals surface area contributed by atoms with Crippen LogP contribution < -0.4 is 0 Å². The SMILES string of the molecule is CC(C)C(C)(C)S(=O)(=O)n1ccnc1. The number of aromatic nitrogens is 2. The van der Waals surface area contributed by atoms with Crippen LogP contribution in [0.15, 0.2) is 18.7 Å². The average molecular weight is 216 g/mol. The van der Waals surface area contributed by atoms with Gasteiger partial charge in [0.2, 0.25) is 10.0 Å². The van der Waals surface area contributed by atoms with Crippen molar-refractivity contribution >= 4 is 10.0 Å². The fourth-order valence-corrected chi connectivity index (χ4v) is 2.49. The molecule has 80 valence electrons. The van der Waals surface area contributed by atoms with Gasteiger partial charge in [-0.3, -0.25) is 0 Å². The van der Waals surface area contributed by atoms with Crippen molar-refractivity contribution in [1.82, 2.24) is 8.96 Å². The molecule has 0 saturated heterocycles. The molecule has 0 N–H and O–H groups in total. The predicted octanol–water partition coefficient (Wildman–Crippen LogP) is 1.50. The Balaban J connectivity index is 3.22. The molecule has 1 rings (SSSR count). The maximum absolute atomic E-state index is 12.1. The van der Waals surface area contributed by atoms with E-state index in [4.69, 9.17) is 0 Å². The molecule has 1 heterocycles. The number of nitrogens with zero attached hydrogens (tertiary/aromatic N) is 2. The smallest absolute Gasteiger partial charge is 0.244 e. The van der Waals surface area contributed by atoms with Crippen LogP contribution in [-0.4, -0.2) is 22.1 Å². The fourth-order valence-electron chi connectivity index (χ4n) is 0.959. The third-order valence-electron chi connectivity index (χ3n) is 2.81. The quantitative estimate of drug-likeness (QED) is 0.769. The van der Waals surface area contributed by atoms with Gasteiger partial charge in [-0.05, 0) is 19.8 Å². The lowest BCUT2D eigenvalue weighted by atomic mass is 10.00. The Bertz CT molecular complexity index is 390. The van der Waals surface area contributed by atoms with Gasteiger partial charge in [-0.1, -0.05) is 13.8 Å². The maximum atomic E-state index is 12.1. The van der Waals surface area contributed by atoms with Crippen molar-refractivity contribution in [3.8, 4) is 0 Å². The van der Waals surface area contributed by atoms with E-state index in [-0.39, 0.29) is 5.92 Å². The fraction of sp³-hybridized carbons (Fsp3) is 0.667. The van der Waals surface area contributed by atoms with E-state index < -0.39 is 14.8 Å². The molecule has 0 spiro atoms. The molecule has 0 aliphatic heterocycles. The summed E-state index contributed by atoms with van der Waals surface area (Å²) in [5, 5.41) is 0. The van der Waals surface area contributed by atoms with Crippen molar-refractivity contribution in [3.05, 3.63) is 18.7 Å². The van der Waals surface area contributed by atoms with Crippen LogP contribution >= 0.6 is 0 Å². The van der Waals surface area contributed by atoms with E-state index in [1.54, 1.807) is 13.8 Å². The lowest BCUT2D eigenvalue weighted by molar-refractivity contribution is 0.449. The largest absolute Gasteiger partial charge is 0.245 e. The molecule has 0 fully saturated rings. The summed E-state index contributed by atoms with van der Waals surface area (Å²) in [6.45, 7) is 7.25. The molecule has 4 nitrogen and oxygen atoms in total. The molecule has 5 heteroatoms. The van der Waals surface area contributed by atoms with E-state index in [9.17, 15) is 8.42 Å². The third kappa shape index (κ3) is 1.56. The molecule has 0 aromatic carbocycles. The zero-order valence-electron chi connectivity index (χ0n) is 8.93. The topological polar surface area (TPSA) is 52.0 Å². The summed E-state index contributed by atoms with van der Waals surface area (Å²) in [5.41, 5.74) is 0. The standard InChI is InChI=1S/C9H16N2O2S/c1-8(2)9(3,4)14(12,13)11-6-5-10-7-11/h5-8H,1-4H3. The monoisotopic (exact) mass is 216 g/mol. The zero-order chi connectivity index (χ0) is 11.0. The number of imidazole rings is 1. The molecule has 0 saturated carbocycles. The summed E-state index contributed by atoms with van der Waals surface area (Å²) >= 11 is 0. The summed E-state index contributed by atoms with van der Waals surface area (Å²) < 4.78 is 24.5. The second-order valence-corrected chi connectivity index (χ2v) is 6.58. The van der Waals surface area contributed by atoms with Crippen molar-refractivity contribution in [2.45, 2.75) is 32.4 Å². The van der Waals surface area contributed by atoms with Crippen molar-refractivity contribution in [1.29, 1.82) is 0 Å². The predicted molar refractivity (Wildman–Crippen MR) is 55.5 cm³/mol. The van der Waals surface area contributed by atoms with Crippen molar-refractivity contribution in [2.75, 3.05) is 0 Å². The first-order valence-corrected chi connectivity index (χ1v) is 5.97. The lowest BCUT2D eigenvalue weighted by Crippen LogP contribution is -2.40. The van der Waals surface area contributed by atoms with Gasteiger partial charge in [-0.25, -0.2) is 17.4 Å². The van der Waals surface area contributed by atoms with Crippen LogP contribution in [0.4, 0.5) is 0 Å². The molecular weight excluding hydrogens is 200 g/mol. The minimum Gasteiger partial charge on any atom is -0.244 e. The molecule has 0 amide bonds. The number of rotatable bonds is 3. The van der Waals surface area contributed by atoms with Gasteiger partial charge in [0.1, 0.15) is 6.33 Å². The maximum Gasteiger partial charge on any atom is 0.245 e. The van der Waals surface area contributed by atoms with Gasteiger partial charge in [-0.2, -0.15) is 0 Å². The van der Waals surface area contributed by atoms with E-state index in [1.165, 1.54) is 22.7 Å². The van der Waals surface area contributed by atoms with E-state index in [2.05, 4.69) is 4.98 Å². The second kappa shape index (κ2) is 3.38. The molecule has 1 aromatic rings. The number of hydrogen-bond acceptors (Lipinski definition) is 3. The highest BCUT2D eigenvalue weighted by atomic mass is 32.2. The van der Waals surface area contributed by atoms with Gasteiger partial charge in [0.05, 0.1) is 4.75 Å². The first-order chi connectivity index (χ1) is 6.30. The van der Waals surface area contributed by atoms with E-state index in [0.717, 1.165) is 0 Å². The van der Waals surface area contributed by atoms with Crippen molar-refractivity contribution in [2.24, 2.45) is 5.92 Å². The molecule has 0 bridgehead atoms. The van der Waals surface area contributed by atoms with Gasteiger partial charge >= 0.3 is 0 Å². The summed E-state index contributed by atoms with van der Waals surface area (Å²) in [5.74, 6) is 0.0508. The lowest BCUT2D eigenvalue weighted by Gasteiger charge is -2.28. The second-order valence-electron chi connectivity index (χ2n) is 4.16. The minimum absolute atomic E-state index is 0.0508. The van der Waals surface area contributed by atoms with E-state index in [1.807, 2.05) is 13.8 Å². The Morgan fingerprint density at radius 2 is 1.93 bits per heavy atom. The highest BCUT2D eigenvalue weighted by molar-refractivity contribution is 7.91. The molecule has 0 radical (unpaired) electrons. The molecule has 14 heavy (non-hydrogen) atoms. The molecular formula is C9H16N2O2S. The molecule has 0 atom stereocenters. The van der Waals surface area contributed by atoms with Gasteiger partial charge in [0.25, 0.3) is 0 Å². The van der Waals surface area contributed by atoms with Crippen LogP contribution in [0.25, 0.3) is 0 Å². The Morgan fingerprint density at radius 3 is 2.29 bits per heavy atom. The highest BCUT2D eigenvalue weighted by Gasteiger charge is 2.38. The summed E-state index contributed by atoms with van der Waals surface area (Å²) in [6, 6.07) is 0. The van der Waals surface area contributed by atoms with E-state index >= 15 is 0 Å². The molecule has 0 aliphatic carbocycles. The zero-order valence-corrected chi connectivity index (χ0v) is 9.75. The van der Waals surface area contributed by atoms with Gasteiger partial charge in [0.15, 0.2) is 0 Å². The van der Waals surface area contributed by atoms with Crippen LogP contribution in [0.2, 0.25) is 0 Å². The van der Waals surface area contributed by atoms with Crippen LogP contribution in [0.3, 0.4) is 0 Å². The van der Waals surface area contributed by atoms with E-state index in [0.29, 0.717) is 0 Å². The Morgan fingerprint density at radius 1 is 1.36 bits per heavy atom. The summed E-state index contributed by atoms with van der Waals surface area (Å²) in [6.07, 6.45) is 4.24. The third-order valence-corrected chi connectivity index (χ3v) is 5.39. The first-order valence-electron chi connectivity index (χ1n) is 4.53. The van der Waals surface area contributed by atoms with Crippen molar-refractivity contribution < 1.29 is 8.42 Å². The average Bonchev–Trinajstić information content (AvgIpc) is 2.55. The highest BCUT2D eigenvalue weighted by Crippen LogP contribution is 2.27.